The Morgan fingerprint density at radius 1 is 1.50 bits per heavy atom. The quantitative estimate of drug-likeness (QED) is 0.877. The molecule has 0 heterocycles. The van der Waals surface area contributed by atoms with Gasteiger partial charge in [0.25, 0.3) is 0 Å². The molecule has 1 aromatic rings. The van der Waals surface area contributed by atoms with Crippen LogP contribution in [-0.2, 0) is 11.3 Å². The van der Waals surface area contributed by atoms with Crippen LogP contribution in [0.1, 0.15) is 25.8 Å². The van der Waals surface area contributed by atoms with Crippen LogP contribution in [0.15, 0.2) is 22.7 Å². The monoisotopic (exact) mass is 316 g/mol. The molecular weight excluding hydrogens is 299 g/mol. The topological polar surface area (TPSA) is 55.1 Å². The number of nitrogens with two attached hydrogens (primary N) is 1. The van der Waals surface area contributed by atoms with Crippen LogP contribution in [0, 0.1) is 11.2 Å². The molecule has 0 saturated heterocycles. The molecule has 1 amide bonds. The van der Waals surface area contributed by atoms with Gasteiger partial charge in [-0.1, -0.05) is 29.8 Å². The first-order valence-electron chi connectivity index (χ1n) is 5.75. The molecule has 100 valence electrons. The van der Waals surface area contributed by atoms with Gasteiger partial charge in [-0.15, -0.1) is 0 Å². The maximum atomic E-state index is 13.4. The summed E-state index contributed by atoms with van der Waals surface area (Å²) in [5, 5.41) is 2.70. The summed E-state index contributed by atoms with van der Waals surface area (Å²) in [6, 6.07) is 4.65. The number of halogens is 2. The maximum absolute atomic E-state index is 13.4. The van der Waals surface area contributed by atoms with Gasteiger partial charge in [0.1, 0.15) is 5.82 Å². The Bertz CT molecular complexity index is 435. The first-order chi connectivity index (χ1) is 8.34. The smallest absolute Gasteiger partial charge is 0.220 e. The molecule has 18 heavy (non-hydrogen) atoms. The fourth-order valence-electron chi connectivity index (χ4n) is 1.44. The minimum absolute atomic E-state index is 0.121. The lowest BCUT2D eigenvalue weighted by atomic mass is 9.89. The molecule has 5 heteroatoms. The summed E-state index contributed by atoms with van der Waals surface area (Å²) in [6.45, 7) is 4.47. The number of hydrogen-bond acceptors (Lipinski definition) is 2. The third kappa shape index (κ3) is 4.74. The summed E-state index contributed by atoms with van der Waals surface area (Å²) < 4.78 is 14.2. The van der Waals surface area contributed by atoms with E-state index in [2.05, 4.69) is 21.2 Å². The third-order valence-electron chi connectivity index (χ3n) is 2.68. The Labute approximate surface area is 115 Å². The normalized spacial score (nSPS) is 11.4. The summed E-state index contributed by atoms with van der Waals surface area (Å²) in [6.07, 6.45) is 0.332. The van der Waals surface area contributed by atoms with Crippen LogP contribution in [0.2, 0.25) is 0 Å². The molecule has 0 bridgehead atoms. The Morgan fingerprint density at radius 3 is 2.78 bits per heavy atom. The summed E-state index contributed by atoms with van der Waals surface area (Å²) in [5.41, 5.74) is 5.78. The molecule has 0 saturated carbocycles. The Morgan fingerprint density at radius 2 is 2.17 bits per heavy atom. The summed E-state index contributed by atoms with van der Waals surface area (Å²) in [5.74, 6) is -0.443. The van der Waals surface area contributed by atoms with Gasteiger partial charge in [-0.2, -0.15) is 0 Å². The van der Waals surface area contributed by atoms with Crippen molar-refractivity contribution < 1.29 is 9.18 Å². The minimum atomic E-state index is -0.323. The number of carbonyl (C=O) groups is 1. The van der Waals surface area contributed by atoms with Gasteiger partial charge in [0.15, 0.2) is 0 Å². The molecule has 0 aliphatic heterocycles. The zero-order chi connectivity index (χ0) is 13.8. The van der Waals surface area contributed by atoms with Crippen molar-refractivity contribution in [1.29, 1.82) is 0 Å². The number of nitrogens with one attached hydrogen (secondary N) is 1. The number of hydrogen-bond donors (Lipinski definition) is 2. The molecule has 0 aromatic heterocycles. The number of carbonyl (C=O) groups excluding carboxylic acids is 1. The highest BCUT2D eigenvalue weighted by Gasteiger charge is 2.20. The van der Waals surface area contributed by atoms with E-state index in [1.165, 1.54) is 6.07 Å². The highest BCUT2D eigenvalue weighted by atomic mass is 79.9. The maximum Gasteiger partial charge on any atom is 0.220 e. The van der Waals surface area contributed by atoms with Gasteiger partial charge in [-0.3, -0.25) is 4.79 Å². The molecule has 0 spiro atoms. The Kier molecular flexibility index (Phi) is 5.28. The van der Waals surface area contributed by atoms with E-state index in [4.69, 9.17) is 5.73 Å². The molecule has 1 rings (SSSR count). The van der Waals surface area contributed by atoms with Gasteiger partial charge >= 0.3 is 0 Å². The van der Waals surface area contributed by atoms with Gasteiger partial charge in [0.05, 0.1) is 0 Å². The van der Waals surface area contributed by atoms with Gasteiger partial charge in [-0.05, 0) is 30.2 Å². The average Bonchev–Trinajstić information content (AvgIpc) is 2.30. The molecule has 0 unspecified atom stereocenters. The van der Waals surface area contributed by atoms with Crippen molar-refractivity contribution >= 4 is 21.8 Å². The molecule has 0 aliphatic carbocycles. The lowest BCUT2D eigenvalue weighted by Crippen LogP contribution is -2.32. The van der Waals surface area contributed by atoms with E-state index >= 15 is 0 Å². The molecule has 1 aromatic carbocycles. The van der Waals surface area contributed by atoms with Crippen molar-refractivity contribution in [3.05, 3.63) is 34.1 Å². The van der Waals surface area contributed by atoms with Crippen molar-refractivity contribution in [2.75, 3.05) is 6.54 Å². The van der Waals surface area contributed by atoms with Crippen LogP contribution in [0.25, 0.3) is 0 Å². The van der Waals surface area contributed by atoms with E-state index in [1.54, 1.807) is 12.1 Å². The summed E-state index contributed by atoms with van der Waals surface area (Å²) in [4.78, 5) is 11.7. The number of amides is 1. The van der Waals surface area contributed by atoms with Gasteiger partial charge in [0, 0.05) is 23.0 Å². The van der Waals surface area contributed by atoms with E-state index in [-0.39, 0.29) is 23.7 Å². The largest absolute Gasteiger partial charge is 0.352 e. The minimum Gasteiger partial charge on any atom is -0.352 e. The molecule has 0 aliphatic rings. The highest BCUT2D eigenvalue weighted by Crippen LogP contribution is 2.18. The zero-order valence-corrected chi connectivity index (χ0v) is 12.2. The number of rotatable bonds is 5. The molecule has 0 radical (unpaired) electrons. The average molecular weight is 317 g/mol. The van der Waals surface area contributed by atoms with Crippen molar-refractivity contribution in [2.24, 2.45) is 11.1 Å². The second-order valence-electron chi connectivity index (χ2n) is 5.06. The third-order valence-corrected chi connectivity index (χ3v) is 3.17. The Hall–Kier alpha value is -0.940. The Balaban J connectivity index is 2.55. The molecule has 0 fully saturated rings. The van der Waals surface area contributed by atoms with Crippen LogP contribution in [0.5, 0.6) is 0 Å². The van der Waals surface area contributed by atoms with Crippen LogP contribution >= 0.6 is 15.9 Å². The molecule has 3 nitrogen and oxygen atoms in total. The standard InChI is InChI=1S/C13H18BrFN2O/c1-13(2,8-16)6-12(18)17-7-9-5-10(14)3-4-11(9)15/h3-5H,6-8,16H2,1-2H3,(H,17,18). The van der Waals surface area contributed by atoms with Crippen LogP contribution in [-0.4, -0.2) is 12.5 Å². The summed E-state index contributed by atoms with van der Waals surface area (Å²) in [7, 11) is 0. The predicted molar refractivity (Wildman–Crippen MR) is 73.4 cm³/mol. The SMILES string of the molecule is CC(C)(CN)CC(=O)NCc1cc(Br)ccc1F. The number of benzene rings is 1. The van der Waals surface area contributed by atoms with Crippen molar-refractivity contribution in [2.45, 2.75) is 26.8 Å². The van der Waals surface area contributed by atoms with E-state index < -0.39 is 0 Å². The lowest BCUT2D eigenvalue weighted by molar-refractivity contribution is -0.123. The second kappa shape index (κ2) is 6.29. The fraction of sp³-hybridized carbons (Fsp3) is 0.462. The molecule has 3 N–H and O–H groups in total. The van der Waals surface area contributed by atoms with Crippen LogP contribution < -0.4 is 11.1 Å². The molecular formula is C13H18BrFN2O. The van der Waals surface area contributed by atoms with Crippen LogP contribution in [0.3, 0.4) is 0 Å². The second-order valence-corrected chi connectivity index (χ2v) is 5.97. The first kappa shape index (κ1) is 15.1. The van der Waals surface area contributed by atoms with Crippen molar-refractivity contribution in [1.82, 2.24) is 5.32 Å². The van der Waals surface area contributed by atoms with Crippen molar-refractivity contribution in [3.63, 3.8) is 0 Å². The van der Waals surface area contributed by atoms with Crippen molar-refractivity contribution in [3.8, 4) is 0 Å². The van der Waals surface area contributed by atoms with Crippen LogP contribution in [0.4, 0.5) is 4.39 Å². The first-order valence-corrected chi connectivity index (χ1v) is 6.54. The highest BCUT2D eigenvalue weighted by molar-refractivity contribution is 9.10. The van der Waals surface area contributed by atoms with E-state index in [1.807, 2.05) is 13.8 Å². The van der Waals surface area contributed by atoms with Gasteiger partial charge in [0.2, 0.25) is 5.91 Å². The van der Waals surface area contributed by atoms with E-state index in [9.17, 15) is 9.18 Å². The fourth-order valence-corrected chi connectivity index (χ4v) is 1.85. The summed E-state index contributed by atoms with van der Waals surface area (Å²) >= 11 is 3.27. The lowest BCUT2D eigenvalue weighted by Gasteiger charge is -2.21. The predicted octanol–water partition coefficient (Wildman–Crippen LogP) is 2.58. The van der Waals surface area contributed by atoms with Gasteiger partial charge < -0.3 is 11.1 Å². The van der Waals surface area contributed by atoms with E-state index in [0.29, 0.717) is 18.5 Å². The zero-order valence-electron chi connectivity index (χ0n) is 10.6. The molecule has 0 atom stereocenters. The van der Waals surface area contributed by atoms with Gasteiger partial charge in [-0.25, -0.2) is 4.39 Å². The van der Waals surface area contributed by atoms with E-state index in [0.717, 1.165) is 4.47 Å².